The third-order valence-electron chi connectivity index (χ3n) is 1.02. The van der Waals surface area contributed by atoms with Crippen LogP contribution >= 0.6 is 20.2 Å². The summed E-state index contributed by atoms with van der Waals surface area (Å²) in [7, 11) is -4.18. The fraction of sp³-hybridized carbons (Fsp3) is 0.750. The van der Waals surface area contributed by atoms with E-state index in [2.05, 4.69) is 17.9 Å². The highest BCUT2D eigenvalue weighted by atomic mass is 32.1. The van der Waals surface area contributed by atoms with Crippen LogP contribution in [0.3, 0.4) is 0 Å². The monoisotopic (exact) mass is 215 g/mol. The van der Waals surface area contributed by atoms with Gasteiger partial charge in [-0.1, -0.05) is 0 Å². The molecule has 0 aromatic rings. The fourth-order valence-electron chi connectivity index (χ4n) is 0.459. The molecule has 0 rings (SSSR count). The average Bonchev–Trinajstić information content (AvgIpc) is 1.85. The van der Waals surface area contributed by atoms with Crippen molar-refractivity contribution in [2.45, 2.75) is 6.04 Å². The molecule has 0 aliphatic rings. The second kappa shape index (κ2) is 4.84. The van der Waals surface area contributed by atoms with Crippen LogP contribution in [0.1, 0.15) is 0 Å². The minimum atomic E-state index is -4.18. The number of carboxylic acid groups (broad SMARTS) is 1. The Morgan fingerprint density at radius 3 is 2.33 bits per heavy atom. The van der Waals surface area contributed by atoms with E-state index in [0.717, 1.165) is 0 Å². The van der Waals surface area contributed by atoms with Gasteiger partial charge in [0.2, 0.25) is 0 Å². The molecule has 0 heterocycles. The first-order valence-corrected chi connectivity index (χ1v) is 5.41. The molecule has 0 aromatic carbocycles. The highest BCUT2D eigenvalue weighted by Gasteiger charge is 2.19. The molecule has 0 fully saturated rings. The zero-order valence-corrected chi connectivity index (χ0v) is 7.83. The Kier molecular flexibility index (Phi) is 4.81. The van der Waals surface area contributed by atoms with Gasteiger partial charge in [-0.2, -0.15) is 12.6 Å². The van der Waals surface area contributed by atoms with Gasteiger partial charge in [0.1, 0.15) is 6.04 Å². The molecule has 0 aliphatic carbocycles. The quantitative estimate of drug-likeness (QED) is 0.300. The molecule has 4 N–H and O–H groups in total. The molecule has 1 atom stereocenters. The first kappa shape index (κ1) is 11.9. The van der Waals surface area contributed by atoms with Gasteiger partial charge in [0, 0.05) is 5.75 Å². The smallest absolute Gasteiger partial charge is 0.339 e. The second-order valence-electron chi connectivity index (χ2n) is 2.10. The number of carboxylic acids is 1. The van der Waals surface area contributed by atoms with E-state index in [1.807, 2.05) is 0 Å². The van der Waals surface area contributed by atoms with Crippen molar-refractivity contribution in [1.29, 1.82) is 0 Å². The van der Waals surface area contributed by atoms with E-state index in [1.54, 1.807) is 0 Å². The summed E-state index contributed by atoms with van der Waals surface area (Å²) < 4.78 is 10.3. The van der Waals surface area contributed by atoms with E-state index in [0.29, 0.717) is 0 Å². The van der Waals surface area contributed by atoms with Crippen LogP contribution in [0.2, 0.25) is 0 Å². The lowest BCUT2D eigenvalue weighted by atomic mass is 10.3. The van der Waals surface area contributed by atoms with Crippen LogP contribution < -0.4 is 5.32 Å². The number of aliphatic carboxylic acids is 1. The Bertz CT molecular complexity index is 204. The highest BCUT2D eigenvalue weighted by Crippen LogP contribution is 2.32. The molecule has 0 saturated carbocycles. The fourth-order valence-corrected chi connectivity index (χ4v) is 1.20. The van der Waals surface area contributed by atoms with Crippen LogP contribution in [0.5, 0.6) is 0 Å². The number of carbonyl (C=O) groups is 1. The predicted octanol–water partition coefficient (Wildman–Crippen LogP) is -0.906. The molecule has 0 bridgehead atoms. The van der Waals surface area contributed by atoms with Crippen LogP contribution in [0.4, 0.5) is 0 Å². The summed E-state index contributed by atoms with van der Waals surface area (Å²) in [5.41, 5.74) is 0. The van der Waals surface area contributed by atoms with Crippen LogP contribution in [-0.4, -0.2) is 38.9 Å². The van der Waals surface area contributed by atoms with Gasteiger partial charge >= 0.3 is 13.6 Å². The molecule has 8 heteroatoms. The SMILES string of the molecule is O=C(O)[C@H](CS)NCP(=O)(O)O. The van der Waals surface area contributed by atoms with Gasteiger partial charge < -0.3 is 14.9 Å². The summed E-state index contributed by atoms with van der Waals surface area (Å²) in [5, 5.41) is 10.6. The molecule has 0 aliphatic heterocycles. The Morgan fingerprint density at radius 1 is 1.58 bits per heavy atom. The van der Waals surface area contributed by atoms with Gasteiger partial charge in [0.05, 0.1) is 6.29 Å². The average molecular weight is 215 g/mol. The third-order valence-corrected chi connectivity index (χ3v) is 1.98. The van der Waals surface area contributed by atoms with E-state index in [-0.39, 0.29) is 5.75 Å². The van der Waals surface area contributed by atoms with Gasteiger partial charge in [-0.15, -0.1) is 0 Å². The minimum Gasteiger partial charge on any atom is -0.480 e. The van der Waals surface area contributed by atoms with Crippen LogP contribution in [0.15, 0.2) is 0 Å². The summed E-state index contributed by atoms with van der Waals surface area (Å²) in [6.45, 7) is 0. The van der Waals surface area contributed by atoms with Crippen molar-refractivity contribution in [1.82, 2.24) is 5.32 Å². The lowest BCUT2D eigenvalue weighted by Crippen LogP contribution is -2.38. The molecule has 0 radical (unpaired) electrons. The maximum absolute atomic E-state index is 10.3. The Balaban J connectivity index is 3.90. The van der Waals surface area contributed by atoms with Gasteiger partial charge in [-0.25, -0.2) is 0 Å². The Morgan fingerprint density at radius 2 is 2.08 bits per heavy atom. The molecular formula is C4H10NO5PS. The van der Waals surface area contributed by atoms with E-state index < -0.39 is 25.9 Å². The van der Waals surface area contributed by atoms with Crippen LogP contribution in [0.25, 0.3) is 0 Å². The molecule has 12 heavy (non-hydrogen) atoms. The second-order valence-corrected chi connectivity index (χ2v) is 4.11. The Hall–Kier alpha value is -0.0700. The summed E-state index contributed by atoms with van der Waals surface area (Å²) in [5.74, 6) is -1.20. The number of thiol groups is 1. The van der Waals surface area contributed by atoms with Crippen molar-refractivity contribution in [2.24, 2.45) is 0 Å². The van der Waals surface area contributed by atoms with Crippen molar-refractivity contribution < 1.29 is 24.3 Å². The number of rotatable bonds is 5. The van der Waals surface area contributed by atoms with Crippen molar-refractivity contribution >= 4 is 26.2 Å². The van der Waals surface area contributed by atoms with Crippen molar-refractivity contribution in [3.63, 3.8) is 0 Å². The molecule has 0 unspecified atom stereocenters. The van der Waals surface area contributed by atoms with Crippen molar-refractivity contribution in [3.8, 4) is 0 Å². The van der Waals surface area contributed by atoms with E-state index in [4.69, 9.17) is 14.9 Å². The minimum absolute atomic E-state index is 0.0185. The maximum atomic E-state index is 10.3. The van der Waals surface area contributed by atoms with E-state index in [9.17, 15) is 9.36 Å². The largest absolute Gasteiger partial charge is 0.480 e. The normalized spacial score (nSPS) is 14.2. The molecule has 0 amide bonds. The van der Waals surface area contributed by atoms with Gasteiger partial charge in [-0.3, -0.25) is 14.7 Å². The van der Waals surface area contributed by atoms with Gasteiger partial charge in [-0.05, 0) is 0 Å². The molecule has 0 saturated heterocycles. The lowest BCUT2D eigenvalue weighted by Gasteiger charge is -2.11. The summed E-state index contributed by atoms with van der Waals surface area (Å²) in [6, 6.07) is -1.03. The first-order valence-electron chi connectivity index (χ1n) is 2.98. The molecular weight excluding hydrogens is 205 g/mol. The number of nitrogens with one attached hydrogen (secondary N) is 1. The maximum Gasteiger partial charge on any atom is 0.339 e. The first-order chi connectivity index (χ1) is 5.37. The third kappa shape index (κ3) is 5.56. The Labute approximate surface area is 74.5 Å². The van der Waals surface area contributed by atoms with Crippen molar-refractivity contribution in [3.05, 3.63) is 0 Å². The predicted molar refractivity (Wildman–Crippen MR) is 45.3 cm³/mol. The topological polar surface area (TPSA) is 107 Å². The summed E-state index contributed by atoms with van der Waals surface area (Å²) in [6.07, 6.45) is -0.648. The van der Waals surface area contributed by atoms with E-state index >= 15 is 0 Å². The van der Waals surface area contributed by atoms with Gasteiger partial charge in [0.25, 0.3) is 0 Å². The molecule has 0 spiro atoms. The standard InChI is InChI=1S/C4H10NO5PS/c6-4(7)3(1-12)5-2-11(8,9)10/h3,5,12H,1-2H2,(H,6,7)(H2,8,9,10)/t3-/m0/s1. The summed E-state index contributed by atoms with van der Waals surface area (Å²) >= 11 is 3.69. The van der Waals surface area contributed by atoms with Crippen LogP contribution in [0, 0.1) is 0 Å². The zero-order valence-electron chi connectivity index (χ0n) is 6.04. The summed E-state index contributed by atoms with van der Waals surface area (Å²) in [4.78, 5) is 27.0. The number of hydrogen-bond donors (Lipinski definition) is 5. The highest BCUT2D eigenvalue weighted by molar-refractivity contribution is 7.80. The lowest BCUT2D eigenvalue weighted by molar-refractivity contribution is -0.138. The van der Waals surface area contributed by atoms with Crippen molar-refractivity contribution in [2.75, 3.05) is 12.0 Å². The number of hydrogen-bond acceptors (Lipinski definition) is 4. The van der Waals surface area contributed by atoms with Crippen LogP contribution in [-0.2, 0) is 9.36 Å². The van der Waals surface area contributed by atoms with Gasteiger partial charge in [0.15, 0.2) is 0 Å². The molecule has 72 valence electrons. The van der Waals surface area contributed by atoms with E-state index in [1.165, 1.54) is 0 Å². The molecule has 0 aromatic heterocycles. The zero-order chi connectivity index (χ0) is 9.78. The molecule has 6 nitrogen and oxygen atoms in total.